The van der Waals surface area contributed by atoms with E-state index >= 15 is 0 Å². The van der Waals surface area contributed by atoms with Crippen LogP contribution in [0.5, 0.6) is 0 Å². The first-order valence-electron chi connectivity index (χ1n) is 5.09. The number of carbonyl (C=O) groups is 2. The van der Waals surface area contributed by atoms with Gasteiger partial charge in [0.1, 0.15) is 17.0 Å². The minimum Gasteiger partial charge on any atom is -0.465 e. The number of carbonyl (C=O) groups excluding carboxylic acids is 2. The fourth-order valence-corrected chi connectivity index (χ4v) is 1.16. The Morgan fingerprint density at radius 2 is 2.00 bits per heavy atom. The first-order valence-corrected chi connectivity index (χ1v) is 5.09. The highest BCUT2D eigenvalue weighted by atomic mass is 16.6. The zero-order chi connectivity index (χ0) is 13.1. The van der Waals surface area contributed by atoms with E-state index in [9.17, 15) is 9.59 Å². The fourth-order valence-electron chi connectivity index (χ4n) is 1.16. The molecule has 1 aromatic heterocycles. The lowest BCUT2D eigenvalue weighted by atomic mass is 10.2. The average Bonchev–Trinajstić information content (AvgIpc) is 2.61. The summed E-state index contributed by atoms with van der Waals surface area (Å²) < 4.78 is 9.62. The molecule has 0 aromatic carbocycles. The minimum absolute atomic E-state index is 0.248. The SMILES string of the molecule is COC(=O)c1cc[nH]c1NC(=O)OC(C)(C)C. The van der Waals surface area contributed by atoms with Gasteiger partial charge in [0.15, 0.2) is 0 Å². The molecule has 0 unspecified atom stereocenters. The highest BCUT2D eigenvalue weighted by Crippen LogP contribution is 2.15. The highest BCUT2D eigenvalue weighted by Gasteiger charge is 2.19. The van der Waals surface area contributed by atoms with Crippen LogP contribution in [0.1, 0.15) is 31.1 Å². The van der Waals surface area contributed by atoms with Crippen molar-refractivity contribution >= 4 is 17.9 Å². The Balaban J connectivity index is 2.72. The maximum Gasteiger partial charge on any atom is 0.413 e. The van der Waals surface area contributed by atoms with Crippen LogP contribution in [0, 0.1) is 0 Å². The quantitative estimate of drug-likeness (QED) is 0.776. The summed E-state index contributed by atoms with van der Waals surface area (Å²) in [4.78, 5) is 25.5. The van der Waals surface area contributed by atoms with E-state index in [1.807, 2.05) is 0 Å². The number of amides is 1. The monoisotopic (exact) mass is 240 g/mol. The highest BCUT2D eigenvalue weighted by molar-refractivity contribution is 5.98. The maximum absolute atomic E-state index is 11.5. The van der Waals surface area contributed by atoms with E-state index in [4.69, 9.17) is 4.74 Å². The third-order valence-corrected chi connectivity index (χ3v) is 1.78. The number of hydrogen-bond acceptors (Lipinski definition) is 4. The number of anilines is 1. The Bertz CT molecular complexity index is 417. The fraction of sp³-hybridized carbons (Fsp3) is 0.455. The molecular weight excluding hydrogens is 224 g/mol. The molecule has 1 heterocycles. The van der Waals surface area contributed by atoms with Gasteiger partial charge in [-0.1, -0.05) is 0 Å². The number of aromatic nitrogens is 1. The average molecular weight is 240 g/mol. The first-order chi connectivity index (χ1) is 7.83. The summed E-state index contributed by atoms with van der Waals surface area (Å²) in [6.07, 6.45) is 0.893. The van der Waals surface area contributed by atoms with E-state index in [-0.39, 0.29) is 11.4 Å². The van der Waals surface area contributed by atoms with E-state index in [1.54, 1.807) is 20.8 Å². The Kier molecular flexibility index (Phi) is 3.77. The van der Waals surface area contributed by atoms with E-state index in [0.717, 1.165) is 0 Å². The van der Waals surface area contributed by atoms with Crippen molar-refractivity contribution in [1.82, 2.24) is 4.98 Å². The van der Waals surface area contributed by atoms with E-state index in [2.05, 4.69) is 15.0 Å². The van der Waals surface area contributed by atoms with Crippen molar-refractivity contribution in [2.45, 2.75) is 26.4 Å². The Labute approximate surface area is 99.3 Å². The van der Waals surface area contributed by atoms with Crippen molar-refractivity contribution in [3.63, 3.8) is 0 Å². The predicted octanol–water partition coefficient (Wildman–Crippen LogP) is 2.15. The normalized spacial score (nSPS) is 10.8. The van der Waals surface area contributed by atoms with Gasteiger partial charge in [-0.05, 0) is 26.8 Å². The van der Waals surface area contributed by atoms with Crippen molar-refractivity contribution in [3.05, 3.63) is 17.8 Å². The van der Waals surface area contributed by atoms with Gasteiger partial charge in [0.25, 0.3) is 0 Å². The zero-order valence-corrected chi connectivity index (χ0v) is 10.3. The Hall–Kier alpha value is -1.98. The molecule has 1 rings (SSSR count). The van der Waals surface area contributed by atoms with Gasteiger partial charge in [0, 0.05) is 6.20 Å². The number of rotatable bonds is 2. The van der Waals surface area contributed by atoms with Gasteiger partial charge in [-0.15, -0.1) is 0 Å². The molecule has 2 N–H and O–H groups in total. The molecule has 0 atom stereocenters. The molecule has 6 nitrogen and oxygen atoms in total. The summed E-state index contributed by atoms with van der Waals surface area (Å²) in [5, 5.41) is 2.44. The molecule has 1 amide bonds. The molecule has 0 radical (unpaired) electrons. The summed E-state index contributed by atoms with van der Waals surface area (Å²) in [6, 6.07) is 1.51. The van der Waals surface area contributed by atoms with Crippen LogP contribution in [0.15, 0.2) is 12.3 Å². The van der Waals surface area contributed by atoms with Crippen molar-refractivity contribution < 1.29 is 19.1 Å². The molecule has 0 fully saturated rings. The van der Waals surface area contributed by atoms with Crippen molar-refractivity contribution in [3.8, 4) is 0 Å². The van der Waals surface area contributed by atoms with Crippen molar-refractivity contribution in [2.24, 2.45) is 0 Å². The van der Waals surface area contributed by atoms with Crippen LogP contribution >= 0.6 is 0 Å². The summed E-state index contributed by atoms with van der Waals surface area (Å²) in [5.41, 5.74) is -0.347. The second kappa shape index (κ2) is 4.90. The van der Waals surface area contributed by atoms with Gasteiger partial charge in [-0.3, -0.25) is 5.32 Å². The van der Waals surface area contributed by atoms with Crippen LogP contribution in [-0.4, -0.2) is 29.8 Å². The van der Waals surface area contributed by atoms with Crippen LogP contribution < -0.4 is 5.32 Å². The van der Waals surface area contributed by atoms with Gasteiger partial charge in [-0.2, -0.15) is 0 Å². The van der Waals surface area contributed by atoms with Crippen LogP contribution in [0.25, 0.3) is 0 Å². The van der Waals surface area contributed by atoms with Crippen molar-refractivity contribution in [2.75, 3.05) is 12.4 Å². The van der Waals surface area contributed by atoms with Crippen LogP contribution in [-0.2, 0) is 9.47 Å². The molecule has 1 aromatic rings. The number of aromatic amines is 1. The molecule has 0 aliphatic carbocycles. The van der Waals surface area contributed by atoms with Gasteiger partial charge < -0.3 is 14.5 Å². The minimum atomic E-state index is -0.634. The number of ether oxygens (including phenoxy) is 2. The molecule has 0 saturated carbocycles. The van der Waals surface area contributed by atoms with E-state index in [0.29, 0.717) is 0 Å². The van der Waals surface area contributed by atoms with Gasteiger partial charge >= 0.3 is 12.1 Å². The third kappa shape index (κ3) is 3.82. The lowest BCUT2D eigenvalue weighted by Crippen LogP contribution is -2.27. The second-order valence-corrected chi connectivity index (χ2v) is 4.38. The summed E-state index contributed by atoms with van der Waals surface area (Å²) in [6.45, 7) is 5.26. The molecule has 0 spiro atoms. The number of methoxy groups -OCH3 is 1. The standard InChI is InChI=1S/C11H16N2O4/c1-11(2,3)17-10(15)13-8-7(5-6-12-8)9(14)16-4/h5-6,12H,1-4H3,(H,13,15). The van der Waals surface area contributed by atoms with Crippen LogP contribution in [0.3, 0.4) is 0 Å². The number of hydrogen-bond donors (Lipinski definition) is 2. The number of esters is 1. The molecule has 94 valence electrons. The Morgan fingerprint density at radius 3 is 2.53 bits per heavy atom. The Morgan fingerprint density at radius 1 is 1.35 bits per heavy atom. The molecule has 0 aliphatic rings. The number of H-pyrrole nitrogens is 1. The second-order valence-electron chi connectivity index (χ2n) is 4.38. The molecule has 17 heavy (non-hydrogen) atoms. The number of nitrogens with one attached hydrogen (secondary N) is 2. The summed E-state index contributed by atoms with van der Waals surface area (Å²) in [7, 11) is 1.27. The van der Waals surface area contributed by atoms with Crippen LogP contribution in [0.4, 0.5) is 10.6 Å². The van der Waals surface area contributed by atoms with Gasteiger partial charge in [0.05, 0.1) is 7.11 Å². The molecule has 6 heteroatoms. The van der Waals surface area contributed by atoms with Crippen molar-refractivity contribution in [1.29, 1.82) is 0 Å². The lowest BCUT2D eigenvalue weighted by Gasteiger charge is -2.19. The molecule has 0 bridgehead atoms. The van der Waals surface area contributed by atoms with Crippen LogP contribution in [0.2, 0.25) is 0 Å². The lowest BCUT2D eigenvalue weighted by molar-refractivity contribution is 0.0602. The smallest absolute Gasteiger partial charge is 0.413 e. The topological polar surface area (TPSA) is 80.4 Å². The van der Waals surface area contributed by atoms with Gasteiger partial charge in [0.2, 0.25) is 0 Å². The largest absolute Gasteiger partial charge is 0.465 e. The summed E-state index contributed by atoms with van der Waals surface area (Å²) >= 11 is 0. The zero-order valence-electron chi connectivity index (χ0n) is 10.3. The predicted molar refractivity (Wildman–Crippen MR) is 62.0 cm³/mol. The van der Waals surface area contributed by atoms with Gasteiger partial charge in [-0.25, -0.2) is 9.59 Å². The maximum atomic E-state index is 11.5. The summed E-state index contributed by atoms with van der Waals surface area (Å²) in [5.74, 6) is -0.275. The van der Waals surface area contributed by atoms with E-state index < -0.39 is 17.7 Å². The molecule has 0 saturated heterocycles. The first kappa shape index (κ1) is 13.1. The molecular formula is C11H16N2O4. The van der Waals surface area contributed by atoms with E-state index in [1.165, 1.54) is 19.4 Å². The third-order valence-electron chi connectivity index (χ3n) is 1.78. The molecule has 0 aliphatic heterocycles.